The normalized spacial score (nSPS) is 9.82. The highest BCUT2D eigenvalue weighted by atomic mass is 32.1. The van der Waals surface area contributed by atoms with Gasteiger partial charge in [0.25, 0.3) is 0 Å². The summed E-state index contributed by atoms with van der Waals surface area (Å²) in [7, 11) is 0. The summed E-state index contributed by atoms with van der Waals surface area (Å²) in [6, 6.07) is 14.3. The molecule has 0 radical (unpaired) electrons. The Labute approximate surface area is 197 Å². The Morgan fingerprint density at radius 2 is 1.45 bits per heavy atom. The van der Waals surface area contributed by atoms with E-state index < -0.39 is 23.1 Å². The Balaban J connectivity index is 1.76. The molecule has 0 N–H and O–H groups in total. The number of nitrogens with zero attached hydrogens (tertiary/aromatic N) is 1. The quantitative estimate of drug-likeness (QED) is 0.164. The zero-order chi connectivity index (χ0) is 23.6. The number of thiocarbonyl (C=S) groups is 1. The molecule has 0 aromatic heterocycles. The Hall–Kier alpha value is -3.63. The lowest BCUT2D eigenvalue weighted by Crippen LogP contribution is -1.88. The van der Waals surface area contributed by atoms with Crippen molar-refractivity contribution in [1.29, 1.82) is 0 Å². The second-order valence-electron chi connectivity index (χ2n) is 7.27. The smallest absolute Gasteiger partial charge is 0.153 e. The zero-order valence-electron chi connectivity index (χ0n) is 18.0. The zero-order valence-corrected chi connectivity index (χ0v) is 18.8. The predicted molar refractivity (Wildman–Crippen MR) is 130 cm³/mol. The molecule has 0 amide bonds. The van der Waals surface area contributed by atoms with E-state index in [4.69, 9.17) is 0 Å². The molecule has 3 aromatic rings. The van der Waals surface area contributed by atoms with Crippen molar-refractivity contribution in [3.8, 4) is 34.8 Å². The molecular formula is C28H20F3NS. The molecule has 0 aliphatic carbocycles. The first-order valence-corrected chi connectivity index (χ1v) is 10.9. The van der Waals surface area contributed by atoms with Crippen LogP contribution in [0.25, 0.3) is 11.1 Å². The maximum atomic E-state index is 14.6. The van der Waals surface area contributed by atoms with E-state index >= 15 is 0 Å². The van der Waals surface area contributed by atoms with Gasteiger partial charge >= 0.3 is 0 Å². The SMILES string of the molecule is CCCCCC#Cc1ccc(-c2ccc(C#Cc3cc(F)c(N=C=S)c(F)c3)c(F)c2)cc1. The molecule has 164 valence electrons. The fourth-order valence-corrected chi connectivity index (χ4v) is 3.19. The van der Waals surface area contributed by atoms with Gasteiger partial charge in [-0.3, -0.25) is 0 Å². The number of unbranched alkanes of at least 4 members (excludes halogenated alkanes) is 3. The highest BCUT2D eigenvalue weighted by Gasteiger charge is 2.09. The van der Waals surface area contributed by atoms with Crippen LogP contribution in [0.4, 0.5) is 18.9 Å². The van der Waals surface area contributed by atoms with Crippen LogP contribution >= 0.6 is 12.2 Å². The Morgan fingerprint density at radius 3 is 2.09 bits per heavy atom. The monoisotopic (exact) mass is 459 g/mol. The highest BCUT2D eigenvalue weighted by Crippen LogP contribution is 2.24. The van der Waals surface area contributed by atoms with Gasteiger partial charge in [0.05, 0.1) is 10.7 Å². The Kier molecular flexibility index (Phi) is 8.62. The summed E-state index contributed by atoms with van der Waals surface area (Å²) >= 11 is 4.37. The summed E-state index contributed by atoms with van der Waals surface area (Å²) in [6.45, 7) is 2.16. The number of isothiocyanates is 1. The second kappa shape index (κ2) is 11.8. The Morgan fingerprint density at radius 1 is 0.758 bits per heavy atom. The van der Waals surface area contributed by atoms with Gasteiger partial charge in [-0.2, -0.15) is 4.99 Å². The van der Waals surface area contributed by atoms with Crippen molar-refractivity contribution in [2.45, 2.75) is 32.6 Å². The summed E-state index contributed by atoms with van der Waals surface area (Å²) in [4.78, 5) is 3.35. The summed E-state index contributed by atoms with van der Waals surface area (Å²) in [5, 5.41) is 1.92. The number of benzene rings is 3. The average Bonchev–Trinajstić information content (AvgIpc) is 2.81. The molecule has 0 saturated heterocycles. The van der Waals surface area contributed by atoms with E-state index in [0.29, 0.717) is 5.56 Å². The maximum Gasteiger partial charge on any atom is 0.153 e. The van der Waals surface area contributed by atoms with E-state index in [-0.39, 0.29) is 11.1 Å². The summed E-state index contributed by atoms with van der Waals surface area (Å²) < 4.78 is 42.4. The van der Waals surface area contributed by atoms with Crippen molar-refractivity contribution in [2.24, 2.45) is 4.99 Å². The molecule has 0 heterocycles. The summed E-state index contributed by atoms with van der Waals surface area (Å²) in [5.74, 6) is 9.15. The van der Waals surface area contributed by atoms with E-state index in [1.165, 1.54) is 25.0 Å². The van der Waals surface area contributed by atoms with Gasteiger partial charge in [0.15, 0.2) is 11.6 Å². The van der Waals surface area contributed by atoms with Crippen LogP contribution in [0.1, 0.15) is 49.3 Å². The van der Waals surface area contributed by atoms with Crippen LogP contribution in [-0.4, -0.2) is 5.16 Å². The van der Waals surface area contributed by atoms with Gasteiger partial charge in [-0.1, -0.05) is 61.6 Å². The van der Waals surface area contributed by atoms with Crippen LogP contribution in [-0.2, 0) is 0 Å². The van der Waals surface area contributed by atoms with Crippen LogP contribution in [0.5, 0.6) is 0 Å². The number of rotatable bonds is 5. The number of hydrogen-bond donors (Lipinski definition) is 0. The number of hydrogen-bond acceptors (Lipinski definition) is 2. The molecule has 0 aliphatic rings. The van der Waals surface area contributed by atoms with Crippen LogP contribution in [0, 0.1) is 41.1 Å². The molecule has 1 nitrogen and oxygen atoms in total. The lowest BCUT2D eigenvalue weighted by Gasteiger charge is -2.04. The average molecular weight is 460 g/mol. The van der Waals surface area contributed by atoms with Crippen molar-refractivity contribution in [3.05, 3.63) is 88.7 Å². The Bertz CT molecular complexity index is 1290. The minimum atomic E-state index is -0.915. The third-order valence-corrected chi connectivity index (χ3v) is 4.93. The van der Waals surface area contributed by atoms with Crippen LogP contribution in [0.2, 0.25) is 0 Å². The molecule has 33 heavy (non-hydrogen) atoms. The molecule has 5 heteroatoms. The molecule has 3 aromatic carbocycles. The van der Waals surface area contributed by atoms with E-state index in [2.05, 4.69) is 47.8 Å². The lowest BCUT2D eigenvalue weighted by atomic mass is 10.0. The first-order valence-electron chi connectivity index (χ1n) is 10.5. The summed E-state index contributed by atoms with van der Waals surface area (Å²) in [5.41, 5.74) is 2.11. The topological polar surface area (TPSA) is 12.4 Å². The van der Waals surface area contributed by atoms with Gasteiger partial charge in [-0.15, -0.1) is 0 Å². The predicted octanol–water partition coefficient (Wildman–Crippen LogP) is 7.84. The van der Waals surface area contributed by atoms with Crippen molar-refractivity contribution in [3.63, 3.8) is 0 Å². The fourth-order valence-electron chi connectivity index (χ4n) is 3.10. The van der Waals surface area contributed by atoms with Crippen LogP contribution < -0.4 is 0 Å². The lowest BCUT2D eigenvalue weighted by molar-refractivity contribution is 0.587. The molecule has 3 rings (SSSR count). The van der Waals surface area contributed by atoms with Gasteiger partial charge < -0.3 is 0 Å². The minimum Gasteiger partial charge on any atom is -0.206 e. The molecule has 0 fully saturated rings. The first-order chi connectivity index (χ1) is 16.0. The van der Waals surface area contributed by atoms with Crippen molar-refractivity contribution >= 4 is 23.1 Å². The van der Waals surface area contributed by atoms with Gasteiger partial charge in [-0.05, 0) is 66.2 Å². The van der Waals surface area contributed by atoms with Crippen LogP contribution in [0.3, 0.4) is 0 Å². The minimum absolute atomic E-state index is 0.0585. The number of halogens is 3. The van der Waals surface area contributed by atoms with Crippen molar-refractivity contribution in [2.75, 3.05) is 0 Å². The van der Waals surface area contributed by atoms with E-state index in [9.17, 15) is 13.2 Å². The maximum absolute atomic E-state index is 14.6. The molecule has 0 aliphatic heterocycles. The van der Waals surface area contributed by atoms with Gasteiger partial charge in [0, 0.05) is 17.5 Å². The van der Waals surface area contributed by atoms with E-state index in [1.54, 1.807) is 6.07 Å². The van der Waals surface area contributed by atoms with Gasteiger partial charge in [0.2, 0.25) is 0 Å². The molecule has 0 unspecified atom stereocenters. The standard InChI is InChI=1S/C28H20F3NS/c1-2-3-4-5-6-7-20-8-11-22(12-9-20)24-15-14-23(25(29)18-24)13-10-21-16-26(30)28(32-19-33)27(31)17-21/h8-9,11-12,14-18H,2-5H2,1H3. The highest BCUT2D eigenvalue weighted by molar-refractivity contribution is 7.78. The molecule has 0 atom stereocenters. The molecular weight excluding hydrogens is 439 g/mol. The van der Waals surface area contributed by atoms with Crippen molar-refractivity contribution in [1.82, 2.24) is 0 Å². The molecule has 0 saturated carbocycles. The van der Waals surface area contributed by atoms with E-state index in [0.717, 1.165) is 36.1 Å². The molecule has 0 spiro atoms. The van der Waals surface area contributed by atoms with Gasteiger partial charge in [0.1, 0.15) is 11.5 Å². The first kappa shape index (κ1) is 24.0. The van der Waals surface area contributed by atoms with Crippen LogP contribution in [0.15, 0.2) is 59.6 Å². The second-order valence-corrected chi connectivity index (χ2v) is 7.46. The van der Waals surface area contributed by atoms with Crippen molar-refractivity contribution < 1.29 is 13.2 Å². The number of aliphatic imine (C=N–C) groups is 1. The summed E-state index contributed by atoms with van der Waals surface area (Å²) in [6.07, 6.45) is 4.34. The fraction of sp³-hybridized carbons (Fsp3) is 0.179. The molecule has 0 bridgehead atoms. The third-order valence-electron chi connectivity index (χ3n) is 4.84. The van der Waals surface area contributed by atoms with Gasteiger partial charge in [-0.25, -0.2) is 13.2 Å². The van der Waals surface area contributed by atoms with E-state index in [1.807, 2.05) is 29.4 Å². The largest absolute Gasteiger partial charge is 0.206 e. The third kappa shape index (κ3) is 6.67.